The van der Waals surface area contributed by atoms with E-state index in [0.717, 1.165) is 24.4 Å². The van der Waals surface area contributed by atoms with E-state index in [0.29, 0.717) is 4.88 Å². The SMILES string of the molecule is Cc1ncc(C(=O)N2CCC[C@@H]2CO)s1. The van der Waals surface area contributed by atoms with Crippen LogP contribution in [0.3, 0.4) is 0 Å². The second-order valence-corrected chi connectivity index (χ2v) is 4.96. The van der Waals surface area contributed by atoms with Crippen molar-refractivity contribution in [1.29, 1.82) is 0 Å². The highest BCUT2D eigenvalue weighted by Gasteiger charge is 2.29. The molecule has 1 aliphatic heterocycles. The van der Waals surface area contributed by atoms with E-state index in [1.165, 1.54) is 11.3 Å². The van der Waals surface area contributed by atoms with Crippen molar-refractivity contribution in [2.75, 3.05) is 13.2 Å². The van der Waals surface area contributed by atoms with Crippen LogP contribution in [0, 0.1) is 6.92 Å². The Hall–Kier alpha value is -0.940. The Labute approximate surface area is 92.6 Å². The number of hydrogen-bond donors (Lipinski definition) is 1. The maximum atomic E-state index is 12.0. The topological polar surface area (TPSA) is 53.4 Å². The van der Waals surface area contributed by atoms with Crippen molar-refractivity contribution in [3.05, 3.63) is 16.1 Å². The van der Waals surface area contributed by atoms with Crippen LogP contribution in [0.25, 0.3) is 0 Å². The molecular weight excluding hydrogens is 212 g/mol. The predicted octanol–water partition coefficient (Wildman–Crippen LogP) is 1.05. The monoisotopic (exact) mass is 226 g/mol. The van der Waals surface area contributed by atoms with Gasteiger partial charge < -0.3 is 10.0 Å². The molecule has 4 nitrogen and oxygen atoms in total. The van der Waals surface area contributed by atoms with Crippen molar-refractivity contribution >= 4 is 17.2 Å². The maximum absolute atomic E-state index is 12.0. The van der Waals surface area contributed by atoms with Crippen LogP contribution in [0.2, 0.25) is 0 Å². The molecule has 82 valence electrons. The number of hydrogen-bond acceptors (Lipinski definition) is 4. The first-order valence-corrected chi connectivity index (χ1v) is 5.88. The Morgan fingerprint density at radius 3 is 3.20 bits per heavy atom. The van der Waals surface area contributed by atoms with Gasteiger partial charge in [0.05, 0.1) is 23.9 Å². The predicted molar refractivity (Wildman–Crippen MR) is 58.0 cm³/mol. The van der Waals surface area contributed by atoms with Crippen molar-refractivity contribution in [1.82, 2.24) is 9.88 Å². The zero-order valence-corrected chi connectivity index (χ0v) is 9.46. The summed E-state index contributed by atoms with van der Waals surface area (Å²) < 4.78 is 0. The summed E-state index contributed by atoms with van der Waals surface area (Å²) in [5, 5.41) is 10.0. The van der Waals surface area contributed by atoms with Gasteiger partial charge in [-0.3, -0.25) is 4.79 Å². The first-order valence-electron chi connectivity index (χ1n) is 5.06. The Balaban J connectivity index is 2.13. The van der Waals surface area contributed by atoms with E-state index in [4.69, 9.17) is 5.11 Å². The number of aromatic nitrogens is 1. The number of rotatable bonds is 2. The van der Waals surface area contributed by atoms with Crippen LogP contribution in [-0.2, 0) is 0 Å². The van der Waals surface area contributed by atoms with Gasteiger partial charge in [0.25, 0.3) is 5.91 Å². The molecule has 1 saturated heterocycles. The van der Waals surface area contributed by atoms with Crippen molar-refractivity contribution < 1.29 is 9.90 Å². The molecule has 0 unspecified atom stereocenters. The molecule has 1 fully saturated rings. The molecule has 1 aromatic heterocycles. The number of aliphatic hydroxyl groups is 1. The van der Waals surface area contributed by atoms with Gasteiger partial charge >= 0.3 is 0 Å². The largest absolute Gasteiger partial charge is 0.394 e. The van der Waals surface area contributed by atoms with E-state index in [1.807, 2.05) is 6.92 Å². The summed E-state index contributed by atoms with van der Waals surface area (Å²) in [5.41, 5.74) is 0. The number of likely N-dealkylation sites (tertiary alicyclic amines) is 1. The third-order valence-corrected chi connectivity index (χ3v) is 3.58. The molecule has 0 aliphatic carbocycles. The number of carbonyl (C=O) groups excluding carboxylic acids is 1. The Morgan fingerprint density at radius 1 is 1.80 bits per heavy atom. The van der Waals surface area contributed by atoms with Crippen LogP contribution in [0.5, 0.6) is 0 Å². The van der Waals surface area contributed by atoms with Gasteiger partial charge in [0.1, 0.15) is 4.88 Å². The standard InChI is InChI=1S/C10H14N2O2S/c1-7-11-5-9(15-7)10(14)12-4-2-3-8(12)6-13/h5,8,13H,2-4,6H2,1H3/t8-/m1/s1. The highest BCUT2D eigenvalue weighted by atomic mass is 32.1. The van der Waals surface area contributed by atoms with Crippen LogP contribution < -0.4 is 0 Å². The van der Waals surface area contributed by atoms with E-state index in [1.54, 1.807) is 11.1 Å². The molecule has 0 radical (unpaired) electrons. The third kappa shape index (κ3) is 2.03. The van der Waals surface area contributed by atoms with Crippen molar-refractivity contribution in [2.45, 2.75) is 25.8 Å². The molecule has 1 N–H and O–H groups in total. The van der Waals surface area contributed by atoms with E-state index in [9.17, 15) is 4.79 Å². The molecule has 0 saturated carbocycles. The number of aryl methyl sites for hydroxylation is 1. The van der Waals surface area contributed by atoms with Gasteiger partial charge in [0.15, 0.2) is 0 Å². The number of amides is 1. The van der Waals surface area contributed by atoms with Gasteiger partial charge in [-0.15, -0.1) is 11.3 Å². The highest BCUT2D eigenvalue weighted by molar-refractivity contribution is 7.13. The number of nitrogens with zero attached hydrogens (tertiary/aromatic N) is 2. The molecule has 0 bridgehead atoms. The quantitative estimate of drug-likeness (QED) is 0.820. The smallest absolute Gasteiger partial charge is 0.265 e. The minimum atomic E-state index is -0.0000869. The second kappa shape index (κ2) is 4.28. The summed E-state index contributed by atoms with van der Waals surface area (Å²) in [6.45, 7) is 2.69. The first kappa shape index (κ1) is 10.6. The summed E-state index contributed by atoms with van der Waals surface area (Å²) in [4.78, 5) is 18.5. The molecule has 1 aliphatic rings. The Bertz CT molecular complexity index is 364. The molecule has 2 rings (SSSR count). The number of carbonyl (C=O) groups is 1. The fourth-order valence-electron chi connectivity index (χ4n) is 1.89. The first-order chi connectivity index (χ1) is 7.22. The minimum Gasteiger partial charge on any atom is -0.394 e. The summed E-state index contributed by atoms with van der Waals surface area (Å²) >= 11 is 1.41. The van der Waals surface area contributed by atoms with Gasteiger partial charge in [-0.05, 0) is 19.8 Å². The lowest BCUT2D eigenvalue weighted by atomic mass is 10.2. The molecule has 2 heterocycles. The van der Waals surface area contributed by atoms with Gasteiger partial charge in [-0.2, -0.15) is 0 Å². The fraction of sp³-hybridized carbons (Fsp3) is 0.600. The summed E-state index contributed by atoms with van der Waals surface area (Å²) in [5.74, 6) is 0.0113. The number of aliphatic hydroxyl groups excluding tert-OH is 1. The van der Waals surface area contributed by atoms with Gasteiger partial charge in [0, 0.05) is 6.54 Å². The van der Waals surface area contributed by atoms with Crippen molar-refractivity contribution in [2.24, 2.45) is 0 Å². The molecule has 1 atom stereocenters. The van der Waals surface area contributed by atoms with E-state index in [-0.39, 0.29) is 18.6 Å². The minimum absolute atomic E-state index is 0.0000869. The molecule has 0 spiro atoms. The zero-order valence-electron chi connectivity index (χ0n) is 8.64. The van der Waals surface area contributed by atoms with Gasteiger partial charge in [-0.25, -0.2) is 4.98 Å². The Morgan fingerprint density at radius 2 is 2.60 bits per heavy atom. The summed E-state index contributed by atoms with van der Waals surface area (Å²) in [6.07, 6.45) is 3.50. The molecule has 0 aromatic carbocycles. The van der Waals surface area contributed by atoms with E-state index in [2.05, 4.69) is 4.98 Å². The van der Waals surface area contributed by atoms with Crippen LogP contribution in [-0.4, -0.2) is 40.1 Å². The zero-order chi connectivity index (χ0) is 10.8. The molecular formula is C10H14N2O2S. The Kier molecular flexibility index (Phi) is 3.02. The summed E-state index contributed by atoms with van der Waals surface area (Å²) in [6, 6.07) is -0.0000869. The van der Waals surface area contributed by atoms with Gasteiger partial charge in [0.2, 0.25) is 0 Å². The van der Waals surface area contributed by atoms with E-state index < -0.39 is 0 Å². The van der Waals surface area contributed by atoms with E-state index >= 15 is 0 Å². The molecule has 5 heteroatoms. The van der Waals surface area contributed by atoms with Crippen LogP contribution in [0.4, 0.5) is 0 Å². The lowest BCUT2D eigenvalue weighted by Crippen LogP contribution is -2.37. The fourth-order valence-corrected chi connectivity index (χ4v) is 2.63. The number of thiazole rings is 1. The van der Waals surface area contributed by atoms with Crippen molar-refractivity contribution in [3.8, 4) is 0 Å². The van der Waals surface area contributed by atoms with Crippen molar-refractivity contribution in [3.63, 3.8) is 0 Å². The summed E-state index contributed by atoms with van der Waals surface area (Å²) in [7, 11) is 0. The average molecular weight is 226 g/mol. The molecule has 15 heavy (non-hydrogen) atoms. The molecule has 1 aromatic rings. The normalized spacial score (nSPS) is 20.9. The third-order valence-electron chi connectivity index (χ3n) is 2.68. The molecule has 1 amide bonds. The van der Waals surface area contributed by atoms with Crippen LogP contribution >= 0.6 is 11.3 Å². The van der Waals surface area contributed by atoms with Gasteiger partial charge in [-0.1, -0.05) is 0 Å². The highest BCUT2D eigenvalue weighted by Crippen LogP contribution is 2.22. The maximum Gasteiger partial charge on any atom is 0.265 e. The second-order valence-electron chi connectivity index (χ2n) is 3.72. The average Bonchev–Trinajstić information content (AvgIpc) is 2.84. The lowest BCUT2D eigenvalue weighted by Gasteiger charge is -2.21. The van der Waals surface area contributed by atoms with Crippen LogP contribution in [0.1, 0.15) is 27.5 Å². The lowest BCUT2D eigenvalue weighted by molar-refractivity contribution is 0.0682. The van der Waals surface area contributed by atoms with Crippen LogP contribution in [0.15, 0.2) is 6.20 Å².